The Bertz CT molecular complexity index is 1640. The van der Waals surface area contributed by atoms with Gasteiger partial charge >= 0.3 is 0 Å². The predicted octanol–water partition coefficient (Wildman–Crippen LogP) is 3.44. The molecule has 1 amide bonds. The Morgan fingerprint density at radius 3 is 2.60 bits per heavy atom. The third kappa shape index (κ3) is 9.83. The van der Waals surface area contributed by atoms with Crippen molar-refractivity contribution in [2.75, 3.05) is 38.7 Å². The van der Waals surface area contributed by atoms with Gasteiger partial charge in [-0.15, -0.1) is 11.8 Å². The molecule has 2 saturated carbocycles. The summed E-state index contributed by atoms with van der Waals surface area (Å²) in [5.74, 6) is 0.727. The van der Waals surface area contributed by atoms with Gasteiger partial charge in [0.1, 0.15) is 24.1 Å². The summed E-state index contributed by atoms with van der Waals surface area (Å²) >= 11 is 8.32. The number of amides is 1. The molecule has 6 N–H and O–H groups in total. The minimum Gasteiger partial charge on any atom is -0.490 e. The van der Waals surface area contributed by atoms with Gasteiger partial charge in [-0.2, -0.15) is 0 Å². The smallest absolute Gasteiger partial charge is 0.254 e. The number of nitrogens with one attached hydrogen (secondary N) is 1. The number of hydrogen-bond acceptors (Lipinski definition) is 12. The lowest BCUT2D eigenvalue weighted by molar-refractivity contribution is -0.324. The van der Waals surface area contributed by atoms with E-state index in [1.54, 1.807) is 11.8 Å². The first kappa shape index (κ1) is 38.9. The van der Waals surface area contributed by atoms with E-state index in [1.165, 1.54) is 4.90 Å². The predicted molar refractivity (Wildman–Crippen MR) is 196 cm³/mol. The first-order valence-electron chi connectivity index (χ1n) is 17.9. The first-order chi connectivity index (χ1) is 25.2. The molecule has 1 aliphatic heterocycles. The number of ether oxygens (including phenoxy) is 1. The van der Waals surface area contributed by atoms with E-state index in [4.69, 9.17) is 31.2 Å². The largest absolute Gasteiger partial charge is 0.490 e. The van der Waals surface area contributed by atoms with Crippen molar-refractivity contribution in [3.63, 3.8) is 0 Å². The number of aromatic nitrogens is 1. The zero-order chi connectivity index (χ0) is 36.7. The Balaban J connectivity index is 1.07. The van der Waals surface area contributed by atoms with Crippen LogP contribution in [0.15, 0.2) is 65.8 Å². The molecule has 2 aliphatic carbocycles. The molecule has 6 rings (SSSR count). The standard InChI is InChI=1S/C38H48ClN3O9S/c39-31-9-8-27(52-17-3-15-42(21-24-11-16-49-50-23-24)37(48)36(47)35(46)34(45)32(44)22-43)18-25(31)19-41-38(12-13-38)30-20-40-14-10-28(30)29-4-1-2-5-33(29)51-26-6-7-26/h1-2,4-5,8-10,14,18,20,24,26,32,34-36,41,43-47H,3,6-7,11-13,15-17,19,21-23H2/t24?,32-,34+,35-,36-/m0/s1. The van der Waals surface area contributed by atoms with Gasteiger partial charge < -0.3 is 40.5 Å². The third-order valence-electron chi connectivity index (χ3n) is 9.85. The van der Waals surface area contributed by atoms with Crippen molar-refractivity contribution in [2.24, 2.45) is 5.92 Å². The van der Waals surface area contributed by atoms with E-state index in [0.717, 1.165) is 58.6 Å². The van der Waals surface area contributed by atoms with Crippen molar-refractivity contribution in [3.8, 4) is 16.9 Å². The van der Waals surface area contributed by atoms with Crippen LogP contribution >= 0.6 is 23.4 Å². The highest BCUT2D eigenvalue weighted by molar-refractivity contribution is 7.99. The van der Waals surface area contributed by atoms with Gasteiger partial charge in [0.2, 0.25) is 0 Å². The molecule has 3 aliphatic rings. The zero-order valence-corrected chi connectivity index (χ0v) is 30.6. The number of carbonyl (C=O) groups excluding carboxylic acids is 1. The van der Waals surface area contributed by atoms with E-state index in [2.05, 4.69) is 28.5 Å². The molecule has 0 spiro atoms. The van der Waals surface area contributed by atoms with Crippen molar-refractivity contribution in [1.29, 1.82) is 0 Å². The molecule has 5 atom stereocenters. The van der Waals surface area contributed by atoms with Gasteiger partial charge in [0.25, 0.3) is 5.91 Å². The van der Waals surface area contributed by atoms with E-state index in [9.17, 15) is 25.2 Å². The number of carbonyl (C=O) groups is 1. The number of para-hydroxylation sites is 1. The number of aliphatic hydroxyl groups is 5. The maximum absolute atomic E-state index is 13.3. The Morgan fingerprint density at radius 1 is 1.06 bits per heavy atom. The molecular formula is C38H48ClN3O9S. The second kappa shape index (κ2) is 18.0. The molecule has 1 unspecified atom stereocenters. The van der Waals surface area contributed by atoms with Gasteiger partial charge in [-0.05, 0) is 91.3 Å². The Hall–Kier alpha value is -2.82. The quantitative estimate of drug-likeness (QED) is 0.0599. The van der Waals surface area contributed by atoms with Gasteiger partial charge in [-0.25, -0.2) is 9.78 Å². The number of thioether (sulfide) groups is 1. The Morgan fingerprint density at radius 2 is 1.87 bits per heavy atom. The van der Waals surface area contributed by atoms with Crippen LogP contribution < -0.4 is 10.1 Å². The molecule has 0 radical (unpaired) electrons. The molecule has 1 aromatic heterocycles. The van der Waals surface area contributed by atoms with Crippen LogP contribution in [0, 0.1) is 5.92 Å². The molecule has 3 aromatic rings. The van der Waals surface area contributed by atoms with E-state index in [-0.39, 0.29) is 31.2 Å². The van der Waals surface area contributed by atoms with Crippen LogP contribution in [-0.4, -0.2) is 111 Å². The van der Waals surface area contributed by atoms with Crippen LogP contribution in [0.1, 0.15) is 49.7 Å². The summed E-state index contributed by atoms with van der Waals surface area (Å²) in [6, 6.07) is 16.2. The van der Waals surface area contributed by atoms with E-state index < -0.39 is 36.9 Å². The average molecular weight is 758 g/mol. The first-order valence-corrected chi connectivity index (χ1v) is 19.3. The van der Waals surface area contributed by atoms with Crippen LogP contribution in [-0.2, 0) is 26.7 Å². The molecule has 12 nitrogen and oxygen atoms in total. The lowest BCUT2D eigenvalue weighted by Gasteiger charge is -2.33. The van der Waals surface area contributed by atoms with Crippen molar-refractivity contribution in [3.05, 3.63) is 77.1 Å². The molecule has 14 heteroatoms. The minimum absolute atomic E-state index is 0.0442. The lowest BCUT2D eigenvalue weighted by Crippen LogP contribution is -2.53. The third-order valence-corrected chi connectivity index (χ3v) is 11.3. The topological polar surface area (TPSA) is 174 Å². The molecule has 3 fully saturated rings. The summed E-state index contributed by atoms with van der Waals surface area (Å²) in [5.41, 5.74) is 4.08. The van der Waals surface area contributed by atoms with Crippen LogP contribution in [0.5, 0.6) is 5.75 Å². The summed E-state index contributed by atoms with van der Waals surface area (Å²) in [4.78, 5) is 30.3. The van der Waals surface area contributed by atoms with Crippen LogP contribution in [0.3, 0.4) is 0 Å². The molecule has 1 saturated heterocycles. The van der Waals surface area contributed by atoms with Gasteiger partial charge in [-0.3, -0.25) is 9.78 Å². The molecule has 2 aromatic carbocycles. The molecular weight excluding hydrogens is 710 g/mol. The minimum atomic E-state index is -1.99. The second-order valence-corrected chi connectivity index (χ2v) is 15.4. The maximum atomic E-state index is 13.3. The number of halogens is 1. The summed E-state index contributed by atoms with van der Waals surface area (Å²) in [6.07, 6.45) is 1.86. The van der Waals surface area contributed by atoms with Gasteiger partial charge in [0, 0.05) is 59.0 Å². The molecule has 282 valence electrons. The Kier molecular flexibility index (Phi) is 13.5. The van der Waals surface area contributed by atoms with Gasteiger partial charge in [0.05, 0.1) is 25.9 Å². The van der Waals surface area contributed by atoms with Crippen LogP contribution in [0.4, 0.5) is 0 Å². The lowest BCUT2D eigenvalue weighted by atomic mass is 9.94. The Labute approximate surface area is 313 Å². The zero-order valence-electron chi connectivity index (χ0n) is 29.0. The van der Waals surface area contributed by atoms with E-state index in [0.29, 0.717) is 42.9 Å². The number of aliphatic hydroxyl groups excluding tert-OH is 5. The van der Waals surface area contributed by atoms with Crippen LogP contribution in [0.25, 0.3) is 11.1 Å². The average Bonchev–Trinajstić information content (AvgIpc) is 4.13. The second-order valence-electron chi connectivity index (χ2n) is 13.8. The monoisotopic (exact) mass is 757 g/mol. The highest BCUT2D eigenvalue weighted by atomic mass is 35.5. The maximum Gasteiger partial charge on any atom is 0.254 e. The van der Waals surface area contributed by atoms with Crippen molar-refractivity contribution < 1.29 is 44.8 Å². The van der Waals surface area contributed by atoms with Crippen LogP contribution in [0.2, 0.25) is 5.02 Å². The fraction of sp³-hybridized carbons (Fsp3) is 0.526. The summed E-state index contributed by atoms with van der Waals surface area (Å²) in [6.45, 7) is 0.907. The number of rotatable bonds is 19. The number of hydrogen-bond donors (Lipinski definition) is 6. The highest BCUT2D eigenvalue weighted by Gasteiger charge is 2.46. The highest BCUT2D eigenvalue weighted by Crippen LogP contribution is 2.50. The van der Waals surface area contributed by atoms with E-state index in [1.807, 2.05) is 42.7 Å². The van der Waals surface area contributed by atoms with Gasteiger partial charge in [0.15, 0.2) is 6.10 Å². The van der Waals surface area contributed by atoms with Crippen molar-refractivity contribution in [2.45, 2.75) is 86.0 Å². The fourth-order valence-corrected chi connectivity index (χ4v) is 7.51. The number of benzene rings is 2. The number of pyridine rings is 1. The van der Waals surface area contributed by atoms with Crippen molar-refractivity contribution >= 4 is 29.3 Å². The summed E-state index contributed by atoms with van der Waals surface area (Å²) < 4.78 is 6.26. The van der Waals surface area contributed by atoms with Crippen molar-refractivity contribution in [1.82, 2.24) is 15.2 Å². The molecule has 52 heavy (non-hydrogen) atoms. The summed E-state index contributed by atoms with van der Waals surface area (Å²) in [5, 5.41) is 54.4. The molecule has 2 heterocycles. The van der Waals surface area contributed by atoms with Gasteiger partial charge in [-0.1, -0.05) is 29.8 Å². The normalized spacial score (nSPS) is 20.5. The fourth-order valence-electron chi connectivity index (χ4n) is 6.42. The SMILES string of the molecule is O=C([C@@H](O)[C@@H](O)[C@H](O)[C@@H](O)CO)N(CCCSc1ccc(Cl)c(CNC2(c3cnccc3-c3ccccc3OC3CC3)CC2)c1)CC1CCOOC1. The molecule has 0 bridgehead atoms. The summed E-state index contributed by atoms with van der Waals surface area (Å²) in [7, 11) is 0. The van der Waals surface area contributed by atoms with E-state index >= 15 is 0 Å². The number of nitrogens with zero attached hydrogens (tertiary/aromatic N) is 2.